The van der Waals surface area contributed by atoms with Gasteiger partial charge in [-0.15, -0.1) is 0 Å². The third kappa shape index (κ3) is 3.93. The molecule has 160 valence electrons. The first-order valence-electron chi connectivity index (χ1n) is 10.7. The highest BCUT2D eigenvalue weighted by molar-refractivity contribution is 6.10. The van der Waals surface area contributed by atoms with Crippen molar-refractivity contribution in [1.29, 1.82) is 0 Å². The Morgan fingerprint density at radius 1 is 0.967 bits per heavy atom. The maximum absolute atomic E-state index is 13.5. The fourth-order valence-electron chi connectivity index (χ4n) is 4.52. The maximum Gasteiger partial charge on any atom is 0.275 e. The van der Waals surface area contributed by atoms with Crippen LogP contribution in [-0.2, 0) is 22.1 Å². The van der Waals surface area contributed by atoms with Gasteiger partial charge in [0.2, 0.25) is 0 Å². The number of benzene rings is 2. The van der Waals surface area contributed by atoms with Gasteiger partial charge in [-0.25, -0.2) is 5.48 Å². The molecule has 0 fully saturated rings. The summed E-state index contributed by atoms with van der Waals surface area (Å²) in [4.78, 5) is 30.4. The van der Waals surface area contributed by atoms with Gasteiger partial charge in [0.15, 0.2) is 5.78 Å². The Morgan fingerprint density at radius 3 is 2.13 bits per heavy atom. The van der Waals surface area contributed by atoms with Crippen LogP contribution in [0.3, 0.4) is 0 Å². The molecule has 0 saturated heterocycles. The Labute approximate surface area is 180 Å². The Balaban J connectivity index is 2.07. The fourth-order valence-corrected chi connectivity index (χ4v) is 4.52. The molecule has 0 radical (unpaired) electrons. The monoisotopic (exact) mass is 407 g/mol. The van der Waals surface area contributed by atoms with Crippen LogP contribution in [0.2, 0.25) is 0 Å². The van der Waals surface area contributed by atoms with Crippen molar-refractivity contribution in [3.8, 4) is 0 Å². The van der Waals surface area contributed by atoms with Crippen LogP contribution in [0.1, 0.15) is 96.0 Å². The topological polar surface area (TPSA) is 55.4 Å². The van der Waals surface area contributed by atoms with Gasteiger partial charge in [-0.2, -0.15) is 0 Å². The summed E-state index contributed by atoms with van der Waals surface area (Å²) < 4.78 is 0. The number of ketones is 1. The van der Waals surface area contributed by atoms with Crippen LogP contribution < -0.4 is 5.48 Å². The zero-order chi connectivity index (χ0) is 22.3. The van der Waals surface area contributed by atoms with Crippen LogP contribution in [0.25, 0.3) is 0 Å². The lowest BCUT2D eigenvalue weighted by Gasteiger charge is -2.42. The summed E-state index contributed by atoms with van der Waals surface area (Å²) >= 11 is 0. The summed E-state index contributed by atoms with van der Waals surface area (Å²) in [5.74, 6) is -0.301. The molecule has 2 aromatic rings. The number of hydroxylamine groups is 1. The number of carbonyl (C=O) groups excluding carboxylic acids is 2. The lowest BCUT2D eigenvalue weighted by molar-refractivity contribution is 0.0536. The second kappa shape index (κ2) is 7.99. The van der Waals surface area contributed by atoms with Gasteiger partial charge >= 0.3 is 0 Å². The molecular formula is C26H33NO3. The molecule has 1 amide bonds. The molecule has 0 aliphatic heterocycles. The molecule has 4 heteroatoms. The first-order valence-corrected chi connectivity index (χ1v) is 10.7. The van der Waals surface area contributed by atoms with E-state index < -0.39 is 0 Å². The highest BCUT2D eigenvalue weighted by atomic mass is 16.6. The van der Waals surface area contributed by atoms with Crippen molar-refractivity contribution >= 4 is 11.7 Å². The van der Waals surface area contributed by atoms with Gasteiger partial charge in [0.1, 0.15) is 0 Å². The zero-order valence-corrected chi connectivity index (χ0v) is 19.2. The van der Waals surface area contributed by atoms with Crippen LogP contribution in [0.5, 0.6) is 0 Å². The van der Waals surface area contributed by atoms with Crippen molar-refractivity contribution in [2.45, 2.75) is 71.6 Å². The average molecular weight is 408 g/mol. The largest absolute Gasteiger partial charge is 0.289 e. The lowest BCUT2D eigenvalue weighted by atomic mass is 9.62. The predicted octanol–water partition coefficient (Wildman–Crippen LogP) is 5.43. The van der Waals surface area contributed by atoms with E-state index >= 15 is 0 Å². The molecule has 3 rings (SSSR count). The van der Waals surface area contributed by atoms with Crippen molar-refractivity contribution in [1.82, 2.24) is 5.48 Å². The Hall–Kier alpha value is -2.46. The summed E-state index contributed by atoms with van der Waals surface area (Å²) in [6.07, 6.45) is 2.90. The minimum atomic E-state index is -0.303. The Kier molecular flexibility index (Phi) is 5.92. The van der Waals surface area contributed by atoms with Gasteiger partial charge in [0, 0.05) is 16.7 Å². The summed E-state index contributed by atoms with van der Waals surface area (Å²) in [7, 11) is 1.41. The molecule has 1 N–H and O–H groups in total. The molecule has 0 bridgehead atoms. The molecule has 2 aromatic carbocycles. The third-order valence-electron chi connectivity index (χ3n) is 6.63. The van der Waals surface area contributed by atoms with E-state index in [1.807, 2.05) is 19.9 Å². The first kappa shape index (κ1) is 22.2. The maximum atomic E-state index is 13.5. The van der Waals surface area contributed by atoms with Gasteiger partial charge in [-0.05, 0) is 77.5 Å². The SMILES string of the molecule is CCc1cc(C(=O)c2cc3c(cc2C)C(C)(C)CCC3(C)C)ccc1C(=O)NOC. The van der Waals surface area contributed by atoms with E-state index in [0.717, 1.165) is 29.5 Å². The van der Waals surface area contributed by atoms with Crippen LogP contribution >= 0.6 is 0 Å². The quantitative estimate of drug-likeness (QED) is 0.531. The molecule has 4 nitrogen and oxygen atoms in total. The van der Waals surface area contributed by atoms with E-state index in [-0.39, 0.29) is 22.5 Å². The number of hydrogen-bond acceptors (Lipinski definition) is 3. The van der Waals surface area contributed by atoms with E-state index in [4.69, 9.17) is 4.84 Å². The lowest BCUT2D eigenvalue weighted by Crippen LogP contribution is -2.34. The highest BCUT2D eigenvalue weighted by Crippen LogP contribution is 2.46. The van der Waals surface area contributed by atoms with E-state index in [2.05, 4.69) is 45.3 Å². The molecular weight excluding hydrogens is 374 g/mol. The van der Waals surface area contributed by atoms with Crippen LogP contribution in [0.4, 0.5) is 0 Å². The van der Waals surface area contributed by atoms with Gasteiger partial charge in [-0.1, -0.05) is 46.8 Å². The fraction of sp³-hybridized carbons (Fsp3) is 0.462. The number of hydrogen-bond donors (Lipinski definition) is 1. The molecule has 0 saturated carbocycles. The van der Waals surface area contributed by atoms with Crippen LogP contribution in [0, 0.1) is 6.92 Å². The molecule has 0 spiro atoms. The summed E-state index contributed by atoms with van der Waals surface area (Å²) in [6.45, 7) is 13.1. The zero-order valence-electron chi connectivity index (χ0n) is 19.2. The summed E-state index contributed by atoms with van der Waals surface area (Å²) in [6, 6.07) is 9.61. The number of rotatable bonds is 5. The number of fused-ring (bicyclic) bond motifs is 1. The molecule has 0 aromatic heterocycles. The molecule has 0 unspecified atom stereocenters. The number of carbonyl (C=O) groups is 2. The number of amides is 1. The molecule has 0 atom stereocenters. The number of nitrogens with one attached hydrogen (secondary N) is 1. The standard InChI is InChI=1S/C26H33NO3/c1-8-17-14-18(9-10-19(17)24(29)27-30-7)23(28)20-15-22-21(13-16(20)2)25(3,4)11-12-26(22,5)6/h9-10,13-15H,8,11-12H2,1-7H3,(H,27,29). The smallest absolute Gasteiger partial charge is 0.275 e. The molecule has 1 aliphatic carbocycles. The van der Waals surface area contributed by atoms with Gasteiger partial charge in [-0.3, -0.25) is 14.4 Å². The minimum absolute atomic E-state index is 0.00267. The van der Waals surface area contributed by atoms with E-state index in [1.54, 1.807) is 12.1 Å². The third-order valence-corrected chi connectivity index (χ3v) is 6.63. The van der Waals surface area contributed by atoms with E-state index in [0.29, 0.717) is 17.5 Å². The Morgan fingerprint density at radius 2 is 1.57 bits per heavy atom. The van der Waals surface area contributed by atoms with Crippen molar-refractivity contribution in [3.05, 3.63) is 69.3 Å². The molecule has 30 heavy (non-hydrogen) atoms. The second-order valence-electron chi connectivity index (χ2n) is 9.67. The summed E-state index contributed by atoms with van der Waals surface area (Å²) in [5, 5.41) is 0. The molecule has 1 aliphatic rings. The van der Waals surface area contributed by atoms with Gasteiger partial charge < -0.3 is 0 Å². The average Bonchev–Trinajstić information content (AvgIpc) is 2.70. The minimum Gasteiger partial charge on any atom is -0.289 e. The van der Waals surface area contributed by atoms with Gasteiger partial charge in [0.05, 0.1) is 7.11 Å². The first-order chi connectivity index (χ1) is 14.0. The number of aryl methyl sites for hydroxylation is 2. The molecule has 0 heterocycles. The van der Waals surface area contributed by atoms with Crippen LogP contribution in [0.15, 0.2) is 30.3 Å². The van der Waals surface area contributed by atoms with Crippen LogP contribution in [-0.4, -0.2) is 18.8 Å². The van der Waals surface area contributed by atoms with Crippen molar-refractivity contribution in [2.75, 3.05) is 7.11 Å². The highest BCUT2D eigenvalue weighted by Gasteiger charge is 2.37. The van der Waals surface area contributed by atoms with Crippen molar-refractivity contribution in [2.24, 2.45) is 0 Å². The Bertz CT molecular complexity index is 1000. The predicted molar refractivity (Wildman–Crippen MR) is 120 cm³/mol. The van der Waals surface area contributed by atoms with Gasteiger partial charge in [0.25, 0.3) is 5.91 Å². The van der Waals surface area contributed by atoms with E-state index in [1.165, 1.54) is 18.2 Å². The second-order valence-corrected chi connectivity index (χ2v) is 9.67. The summed E-state index contributed by atoms with van der Waals surface area (Å²) in [5.41, 5.74) is 8.86. The van der Waals surface area contributed by atoms with Crippen molar-refractivity contribution < 1.29 is 14.4 Å². The normalized spacial score (nSPS) is 16.6. The van der Waals surface area contributed by atoms with E-state index in [9.17, 15) is 9.59 Å². The van der Waals surface area contributed by atoms with Crippen molar-refractivity contribution in [3.63, 3.8) is 0 Å².